The average Bonchev–Trinajstić information content (AvgIpc) is 3.02. The van der Waals surface area contributed by atoms with Crippen LogP contribution in [0.1, 0.15) is 30.2 Å². The van der Waals surface area contributed by atoms with E-state index in [4.69, 9.17) is 9.15 Å². The van der Waals surface area contributed by atoms with Gasteiger partial charge in [-0.3, -0.25) is 14.2 Å². The fourth-order valence-corrected chi connectivity index (χ4v) is 3.41. The Kier molecular flexibility index (Phi) is 4.07. The molecule has 1 aliphatic heterocycles. The summed E-state index contributed by atoms with van der Waals surface area (Å²) in [5.41, 5.74) is 1.96. The second-order valence-corrected chi connectivity index (χ2v) is 6.36. The number of ether oxygens (including phenoxy) is 1. The van der Waals surface area contributed by atoms with E-state index >= 15 is 0 Å². The third-order valence-corrected chi connectivity index (χ3v) is 4.79. The quantitative estimate of drug-likeness (QED) is 0.663. The van der Waals surface area contributed by atoms with Crippen LogP contribution < -0.4 is 15.4 Å². The minimum atomic E-state index is -0.755. The van der Waals surface area contributed by atoms with E-state index in [9.17, 15) is 14.4 Å². The first kappa shape index (κ1) is 17.1. The summed E-state index contributed by atoms with van der Waals surface area (Å²) in [6.45, 7) is 3.99. The Bertz CT molecular complexity index is 1110. The maximum absolute atomic E-state index is 13.1. The molecule has 1 aliphatic rings. The molecular formula is C20H18N2O5. The van der Waals surface area contributed by atoms with Crippen molar-refractivity contribution in [2.45, 2.75) is 19.9 Å². The lowest BCUT2D eigenvalue weighted by Crippen LogP contribution is -2.38. The van der Waals surface area contributed by atoms with Crippen molar-refractivity contribution in [3.63, 3.8) is 0 Å². The van der Waals surface area contributed by atoms with E-state index in [1.807, 2.05) is 6.92 Å². The Morgan fingerprint density at radius 3 is 2.74 bits per heavy atom. The maximum Gasteiger partial charge on any atom is 0.420 e. The topological polar surface area (TPSA) is 81.8 Å². The van der Waals surface area contributed by atoms with Gasteiger partial charge in [-0.05, 0) is 44.2 Å². The number of Topliss-reactive ketones (excluding diaryl/α,β-unsaturated/α-hetero) is 1. The highest BCUT2D eigenvalue weighted by Gasteiger charge is 2.27. The van der Waals surface area contributed by atoms with Gasteiger partial charge in [-0.2, -0.15) is 0 Å². The molecule has 0 saturated heterocycles. The van der Waals surface area contributed by atoms with Crippen LogP contribution in [0.3, 0.4) is 0 Å². The summed E-state index contributed by atoms with van der Waals surface area (Å²) < 4.78 is 12.0. The Hall–Kier alpha value is -3.35. The zero-order chi connectivity index (χ0) is 19.1. The number of amides is 1. The normalized spacial score (nSPS) is 14.7. The molecule has 1 unspecified atom stereocenters. The van der Waals surface area contributed by atoms with Crippen LogP contribution in [0, 0.1) is 0 Å². The molecule has 0 aliphatic carbocycles. The van der Waals surface area contributed by atoms with Gasteiger partial charge in [-0.25, -0.2) is 4.79 Å². The van der Waals surface area contributed by atoms with Gasteiger partial charge in [0.25, 0.3) is 5.91 Å². The zero-order valence-electron chi connectivity index (χ0n) is 15.0. The molecule has 2 aromatic carbocycles. The van der Waals surface area contributed by atoms with Gasteiger partial charge < -0.3 is 14.1 Å². The predicted molar refractivity (Wildman–Crippen MR) is 99.5 cm³/mol. The van der Waals surface area contributed by atoms with E-state index < -0.39 is 11.8 Å². The number of para-hydroxylation sites is 2. The minimum absolute atomic E-state index is 0.0130. The molecule has 0 saturated carbocycles. The molecule has 0 radical (unpaired) electrons. The molecular weight excluding hydrogens is 348 g/mol. The molecule has 0 bridgehead atoms. The van der Waals surface area contributed by atoms with Crippen molar-refractivity contribution >= 4 is 28.5 Å². The van der Waals surface area contributed by atoms with Gasteiger partial charge in [-0.1, -0.05) is 12.1 Å². The fourth-order valence-electron chi connectivity index (χ4n) is 3.41. The standard InChI is InChI=1S/C20H18N2O5/c1-3-21-15-10-13(8-9-16(15)26-11-18(21)23)19(24)12(2)22-14-6-4-5-7-17(14)27-20(22)25/h4-10,12H,3,11H2,1-2H3. The number of carbonyl (C=O) groups excluding carboxylic acids is 2. The molecule has 0 N–H and O–H groups in total. The number of hydrogen-bond donors (Lipinski definition) is 0. The lowest BCUT2D eigenvalue weighted by Gasteiger charge is -2.28. The highest BCUT2D eigenvalue weighted by Crippen LogP contribution is 2.34. The minimum Gasteiger partial charge on any atom is -0.482 e. The van der Waals surface area contributed by atoms with Crippen molar-refractivity contribution in [1.29, 1.82) is 0 Å². The molecule has 1 amide bonds. The van der Waals surface area contributed by atoms with Crippen molar-refractivity contribution in [1.82, 2.24) is 4.57 Å². The third-order valence-electron chi connectivity index (χ3n) is 4.79. The molecule has 0 fully saturated rings. The van der Waals surface area contributed by atoms with Gasteiger partial charge in [0.1, 0.15) is 11.8 Å². The molecule has 1 atom stereocenters. The van der Waals surface area contributed by atoms with Crippen LogP contribution in [0.4, 0.5) is 5.69 Å². The van der Waals surface area contributed by atoms with Gasteiger partial charge in [0, 0.05) is 12.1 Å². The van der Waals surface area contributed by atoms with Crippen LogP contribution >= 0.6 is 0 Å². The Morgan fingerprint density at radius 1 is 1.19 bits per heavy atom. The zero-order valence-corrected chi connectivity index (χ0v) is 15.0. The number of carbonyl (C=O) groups is 2. The first-order valence-corrected chi connectivity index (χ1v) is 8.72. The van der Waals surface area contributed by atoms with E-state index in [1.54, 1.807) is 54.3 Å². The van der Waals surface area contributed by atoms with E-state index in [2.05, 4.69) is 0 Å². The number of ketones is 1. The Morgan fingerprint density at radius 2 is 1.96 bits per heavy atom. The number of anilines is 1. The van der Waals surface area contributed by atoms with E-state index in [-0.39, 0.29) is 18.3 Å². The lowest BCUT2D eigenvalue weighted by molar-refractivity contribution is -0.121. The van der Waals surface area contributed by atoms with Crippen molar-refractivity contribution in [2.75, 3.05) is 18.1 Å². The number of nitrogens with zero attached hydrogens (tertiary/aromatic N) is 2. The summed E-state index contributed by atoms with van der Waals surface area (Å²) in [6.07, 6.45) is 0. The van der Waals surface area contributed by atoms with Gasteiger partial charge in [-0.15, -0.1) is 0 Å². The van der Waals surface area contributed by atoms with Crippen LogP contribution in [-0.2, 0) is 4.79 Å². The summed E-state index contributed by atoms with van der Waals surface area (Å²) >= 11 is 0. The second-order valence-electron chi connectivity index (χ2n) is 6.36. The summed E-state index contributed by atoms with van der Waals surface area (Å²) in [4.78, 5) is 38.9. The Balaban J connectivity index is 1.75. The molecule has 27 heavy (non-hydrogen) atoms. The number of aromatic nitrogens is 1. The number of hydrogen-bond acceptors (Lipinski definition) is 5. The number of likely N-dealkylation sites (N-methyl/N-ethyl adjacent to an activating group) is 1. The SMILES string of the molecule is CCN1C(=O)COc2ccc(C(=O)C(C)n3c(=O)oc4ccccc43)cc21. The summed E-state index contributed by atoms with van der Waals surface area (Å²) in [5, 5.41) is 0. The highest BCUT2D eigenvalue weighted by molar-refractivity contribution is 6.03. The largest absolute Gasteiger partial charge is 0.482 e. The number of oxazole rings is 1. The number of fused-ring (bicyclic) bond motifs is 2. The number of rotatable bonds is 4. The monoisotopic (exact) mass is 366 g/mol. The van der Waals surface area contributed by atoms with E-state index in [0.29, 0.717) is 34.6 Å². The molecule has 3 aromatic rings. The van der Waals surface area contributed by atoms with Gasteiger partial charge in [0.2, 0.25) is 0 Å². The lowest BCUT2D eigenvalue weighted by atomic mass is 10.0. The van der Waals surface area contributed by atoms with E-state index in [0.717, 1.165) is 0 Å². The molecule has 7 nitrogen and oxygen atoms in total. The first-order valence-electron chi connectivity index (χ1n) is 8.72. The van der Waals surface area contributed by atoms with Gasteiger partial charge in [0.05, 0.1) is 11.2 Å². The molecule has 1 aromatic heterocycles. The van der Waals surface area contributed by atoms with E-state index in [1.165, 1.54) is 4.57 Å². The highest BCUT2D eigenvalue weighted by atomic mass is 16.5. The van der Waals surface area contributed by atoms with Crippen LogP contribution in [0.25, 0.3) is 11.1 Å². The summed E-state index contributed by atoms with van der Waals surface area (Å²) in [5.74, 6) is -0.421. The van der Waals surface area contributed by atoms with Crippen LogP contribution in [-0.4, -0.2) is 29.4 Å². The van der Waals surface area contributed by atoms with Crippen molar-refractivity contribution in [3.05, 3.63) is 58.6 Å². The van der Waals surface area contributed by atoms with Crippen LogP contribution in [0.15, 0.2) is 51.7 Å². The molecule has 7 heteroatoms. The van der Waals surface area contributed by atoms with Crippen molar-refractivity contribution in [3.8, 4) is 5.75 Å². The fraction of sp³-hybridized carbons (Fsp3) is 0.250. The van der Waals surface area contributed by atoms with Crippen LogP contribution in [0.5, 0.6) is 5.75 Å². The maximum atomic E-state index is 13.1. The second kappa shape index (κ2) is 6.42. The Labute approximate surface area is 154 Å². The first-order chi connectivity index (χ1) is 13.0. The predicted octanol–water partition coefficient (Wildman–Crippen LogP) is 2.78. The average molecular weight is 366 g/mol. The summed E-state index contributed by atoms with van der Waals surface area (Å²) in [7, 11) is 0. The van der Waals surface area contributed by atoms with Crippen molar-refractivity contribution in [2.24, 2.45) is 0 Å². The van der Waals surface area contributed by atoms with Gasteiger partial charge in [0.15, 0.2) is 18.0 Å². The van der Waals surface area contributed by atoms with Crippen molar-refractivity contribution < 1.29 is 18.7 Å². The molecule has 0 spiro atoms. The van der Waals surface area contributed by atoms with Gasteiger partial charge >= 0.3 is 5.76 Å². The number of benzene rings is 2. The van der Waals surface area contributed by atoms with Crippen LogP contribution in [0.2, 0.25) is 0 Å². The molecule has 4 rings (SSSR count). The summed E-state index contributed by atoms with van der Waals surface area (Å²) in [6, 6.07) is 11.2. The third kappa shape index (κ3) is 2.71. The molecule has 138 valence electrons. The molecule has 2 heterocycles. The smallest absolute Gasteiger partial charge is 0.420 e.